The molecular weight excluding hydrogens is 453 g/mol. The number of nitrogens with zero attached hydrogens (tertiary/aromatic N) is 3. The van der Waals surface area contributed by atoms with Gasteiger partial charge >= 0.3 is 6.03 Å². The van der Waals surface area contributed by atoms with Crippen molar-refractivity contribution in [2.24, 2.45) is 5.92 Å². The molecule has 2 heterocycles. The number of ether oxygens (including phenoxy) is 1. The minimum absolute atomic E-state index is 0.129. The van der Waals surface area contributed by atoms with Crippen molar-refractivity contribution in [3.63, 3.8) is 0 Å². The van der Waals surface area contributed by atoms with Gasteiger partial charge in [-0.05, 0) is 62.8 Å². The van der Waals surface area contributed by atoms with Gasteiger partial charge in [-0.3, -0.25) is 15.0 Å². The molecule has 1 saturated heterocycles. The second-order valence-corrected chi connectivity index (χ2v) is 9.21. The van der Waals surface area contributed by atoms with Crippen LogP contribution in [0.2, 0.25) is 0 Å². The van der Waals surface area contributed by atoms with E-state index < -0.39 is 29.5 Å². The number of hydrazine groups is 1. The zero-order valence-electron chi connectivity index (χ0n) is 18.2. The van der Waals surface area contributed by atoms with Gasteiger partial charge in [-0.1, -0.05) is 18.7 Å². The summed E-state index contributed by atoms with van der Waals surface area (Å²) in [5.41, 5.74) is 1.44. The van der Waals surface area contributed by atoms with Crippen LogP contribution in [0.3, 0.4) is 0 Å². The van der Waals surface area contributed by atoms with Gasteiger partial charge in [-0.15, -0.1) is 10.2 Å². The fourth-order valence-corrected chi connectivity index (χ4v) is 4.37. The van der Waals surface area contributed by atoms with Crippen LogP contribution in [0.4, 0.5) is 9.18 Å². The lowest BCUT2D eigenvalue weighted by Crippen LogP contribution is -2.51. The summed E-state index contributed by atoms with van der Waals surface area (Å²) in [4.78, 5) is 37.4. The second-order valence-electron chi connectivity index (χ2n) is 8.28. The summed E-state index contributed by atoms with van der Waals surface area (Å²) in [6.45, 7) is 3.81. The summed E-state index contributed by atoms with van der Waals surface area (Å²) in [7, 11) is 0. The van der Waals surface area contributed by atoms with Gasteiger partial charge in [-0.25, -0.2) is 9.18 Å². The van der Waals surface area contributed by atoms with Crippen molar-refractivity contribution < 1.29 is 27.9 Å². The van der Waals surface area contributed by atoms with Crippen molar-refractivity contribution in [1.82, 2.24) is 25.9 Å². The zero-order valence-corrected chi connectivity index (χ0v) is 19.0. The monoisotopic (exact) mass is 477 g/mol. The van der Waals surface area contributed by atoms with Gasteiger partial charge in [0, 0.05) is 0 Å². The smallest absolute Gasteiger partial charge is 0.344 e. The van der Waals surface area contributed by atoms with E-state index in [4.69, 9.17) is 9.15 Å². The van der Waals surface area contributed by atoms with Crippen LogP contribution < -0.4 is 15.5 Å². The maximum atomic E-state index is 13.0. The third kappa shape index (κ3) is 5.10. The number of carbonyl (C=O) groups excluding carboxylic acids is 3. The molecule has 2 aromatic rings. The molecular formula is C21H24FN5O5S. The van der Waals surface area contributed by atoms with E-state index in [2.05, 4.69) is 27.9 Å². The Morgan fingerprint density at radius 2 is 2.03 bits per heavy atom. The standard InChI is InChI=1S/C21H24FN5O5S/c1-12-7-9-21(10-8-12)18(29)27(19(30)23-21)26-16(28)11-33-20-25-24-17(32-20)13(2)31-15-5-3-14(22)4-6-15/h3-6,12-13H,7-11H2,1-2H3,(H,23,30)(H,26,28)/t12?,13-,21?/m1/s1. The average molecular weight is 478 g/mol. The van der Waals surface area contributed by atoms with Crippen molar-refractivity contribution in [2.45, 2.75) is 56.4 Å². The van der Waals surface area contributed by atoms with Gasteiger partial charge in [0.2, 0.25) is 5.91 Å². The van der Waals surface area contributed by atoms with E-state index in [0.717, 1.165) is 29.6 Å². The molecule has 1 spiro atoms. The summed E-state index contributed by atoms with van der Waals surface area (Å²) in [5, 5.41) is 11.4. The molecule has 0 bridgehead atoms. The zero-order chi connectivity index (χ0) is 23.6. The Kier molecular flexibility index (Phi) is 6.54. The van der Waals surface area contributed by atoms with E-state index in [1.165, 1.54) is 24.3 Å². The van der Waals surface area contributed by atoms with Crippen LogP contribution in [0.25, 0.3) is 0 Å². The van der Waals surface area contributed by atoms with E-state index >= 15 is 0 Å². The average Bonchev–Trinajstić information content (AvgIpc) is 3.35. The molecule has 1 aromatic carbocycles. The summed E-state index contributed by atoms with van der Waals surface area (Å²) in [6.07, 6.45) is 2.20. The Morgan fingerprint density at radius 1 is 1.33 bits per heavy atom. The van der Waals surface area contributed by atoms with Crippen molar-refractivity contribution >= 4 is 29.6 Å². The van der Waals surface area contributed by atoms with Gasteiger partial charge < -0.3 is 14.5 Å². The molecule has 4 amide bonds. The number of rotatable bonds is 7. The molecule has 10 nitrogen and oxygen atoms in total. The molecule has 2 aliphatic rings. The van der Waals surface area contributed by atoms with Crippen LogP contribution in [0.1, 0.15) is 51.5 Å². The van der Waals surface area contributed by atoms with E-state index in [9.17, 15) is 18.8 Å². The van der Waals surface area contributed by atoms with Crippen LogP contribution in [0.15, 0.2) is 33.9 Å². The Labute approximate surface area is 193 Å². The largest absolute Gasteiger partial charge is 0.481 e. The van der Waals surface area contributed by atoms with Gasteiger partial charge in [0.25, 0.3) is 17.0 Å². The highest BCUT2D eigenvalue weighted by molar-refractivity contribution is 7.99. The first-order valence-electron chi connectivity index (χ1n) is 10.6. The fraction of sp³-hybridized carbons (Fsp3) is 0.476. The molecule has 12 heteroatoms. The van der Waals surface area contributed by atoms with Crippen LogP contribution in [0.5, 0.6) is 5.75 Å². The predicted molar refractivity (Wildman–Crippen MR) is 114 cm³/mol. The SMILES string of the molecule is CC1CCC2(CC1)NC(=O)N(NC(=O)CSc1nnc([C@@H](C)Oc3ccc(F)cc3)o1)C2=O. The van der Waals surface area contributed by atoms with Gasteiger partial charge in [-0.2, -0.15) is 5.01 Å². The molecule has 1 aromatic heterocycles. The number of aromatic nitrogens is 2. The summed E-state index contributed by atoms with van der Waals surface area (Å²) in [5.74, 6) is -0.371. The number of nitrogens with one attached hydrogen (secondary N) is 2. The lowest BCUT2D eigenvalue weighted by molar-refractivity contribution is -0.139. The van der Waals surface area contributed by atoms with Crippen molar-refractivity contribution in [3.8, 4) is 5.75 Å². The summed E-state index contributed by atoms with van der Waals surface area (Å²) in [6, 6.07) is 4.89. The highest BCUT2D eigenvalue weighted by Gasteiger charge is 2.52. The molecule has 1 aliphatic carbocycles. The third-order valence-electron chi connectivity index (χ3n) is 5.75. The minimum Gasteiger partial charge on any atom is -0.481 e. The predicted octanol–water partition coefficient (Wildman–Crippen LogP) is 2.97. The van der Waals surface area contributed by atoms with Crippen molar-refractivity contribution in [2.75, 3.05) is 5.75 Å². The quantitative estimate of drug-likeness (QED) is 0.460. The lowest BCUT2D eigenvalue weighted by atomic mass is 9.77. The Hall–Kier alpha value is -3.15. The topological polar surface area (TPSA) is 127 Å². The molecule has 1 saturated carbocycles. The first-order chi connectivity index (χ1) is 15.8. The van der Waals surface area contributed by atoms with Crippen LogP contribution in [-0.4, -0.2) is 44.3 Å². The number of amides is 4. The van der Waals surface area contributed by atoms with Crippen molar-refractivity contribution in [1.29, 1.82) is 0 Å². The first kappa shape index (κ1) is 23.0. The fourth-order valence-electron chi connectivity index (χ4n) is 3.81. The molecule has 2 N–H and O–H groups in total. The van der Waals surface area contributed by atoms with Gasteiger partial charge in [0.05, 0.1) is 5.75 Å². The van der Waals surface area contributed by atoms with Crippen molar-refractivity contribution in [3.05, 3.63) is 36.0 Å². The molecule has 176 valence electrons. The number of carbonyl (C=O) groups is 3. The Balaban J connectivity index is 1.28. The lowest BCUT2D eigenvalue weighted by Gasteiger charge is -2.33. The Bertz CT molecular complexity index is 1040. The number of imide groups is 1. The second kappa shape index (κ2) is 9.38. The van der Waals surface area contributed by atoms with E-state index in [0.29, 0.717) is 24.5 Å². The van der Waals surface area contributed by atoms with Crippen LogP contribution >= 0.6 is 11.8 Å². The molecule has 4 rings (SSSR count). The summed E-state index contributed by atoms with van der Waals surface area (Å²) >= 11 is 0.961. The van der Waals surface area contributed by atoms with E-state index in [1.54, 1.807) is 6.92 Å². The number of urea groups is 1. The number of hydrogen-bond donors (Lipinski definition) is 2. The molecule has 1 atom stereocenters. The maximum Gasteiger partial charge on any atom is 0.344 e. The van der Waals surface area contributed by atoms with E-state index in [1.807, 2.05) is 0 Å². The number of benzene rings is 1. The molecule has 2 fully saturated rings. The number of halogens is 1. The van der Waals surface area contributed by atoms with Crippen LogP contribution in [0, 0.1) is 11.7 Å². The molecule has 1 aliphatic heterocycles. The molecule has 0 unspecified atom stereocenters. The van der Waals surface area contributed by atoms with E-state index in [-0.39, 0.29) is 22.7 Å². The normalized spacial score (nSPS) is 23.5. The first-order valence-corrected chi connectivity index (χ1v) is 11.6. The number of thioether (sulfide) groups is 1. The van der Waals surface area contributed by atoms with Gasteiger partial charge in [0.15, 0.2) is 6.10 Å². The Morgan fingerprint density at radius 3 is 2.73 bits per heavy atom. The van der Waals surface area contributed by atoms with Gasteiger partial charge in [0.1, 0.15) is 17.1 Å². The highest BCUT2D eigenvalue weighted by atomic mass is 32.2. The van der Waals surface area contributed by atoms with Crippen LogP contribution in [-0.2, 0) is 9.59 Å². The molecule has 33 heavy (non-hydrogen) atoms. The highest BCUT2D eigenvalue weighted by Crippen LogP contribution is 2.35. The third-order valence-corrected chi connectivity index (χ3v) is 6.57. The minimum atomic E-state index is -0.925. The number of hydrogen-bond acceptors (Lipinski definition) is 8. The maximum absolute atomic E-state index is 13.0. The molecule has 0 radical (unpaired) electrons. The summed E-state index contributed by atoms with van der Waals surface area (Å²) < 4.78 is 24.1.